The van der Waals surface area contributed by atoms with Gasteiger partial charge in [0.1, 0.15) is 0 Å². The van der Waals surface area contributed by atoms with Crippen molar-refractivity contribution in [1.82, 2.24) is 0 Å². The van der Waals surface area contributed by atoms with Crippen LogP contribution >= 0.6 is 8.86 Å². The molecule has 0 unspecified atom stereocenters. The van der Waals surface area contributed by atoms with Crippen molar-refractivity contribution >= 4 is 31.3 Å². The first-order chi connectivity index (χ1) is 8.93. The van der Waals surface area contributed by atoms with E-state index in [1.54, 1.807) is 0 Å². The molecule has 0 fully saturated rings. The second kappa shape index (κ2) is 5.22. The third-order valence-electron chi connectivity index (χ3n) is 3.50. The summed E-state index contributed by atoms with van der Waals surface area (Å²) in [5, 5.41) is 0.620. The van der Waals surface area contributed by atoms with E-state index in [1.165, 1.54) is 0 Å². The number of aliphatic imine (C=N–C) groups is 1. The van der Waals surface area contributed by atoms with Crippen molar-refractivity contribution in [1.29, 1.82) is 0 Å². The number of rotatable bonds is 2. The zero-order chi connectivity index (χ0) is 14.2. The maximum atomic E-state index is 12.2. The summed E-state index contributed by atoms with van der Waals surface area (Å²) in [7, 11) is 3.46. The molecule has 0 aliphatic heterocycles. The Balaban J connectivity index is 2.67. The van der Waals surface area contributed by atoms with Crippen molar-refractivity contribution in [3.05, 3.63) is 41.0 Å². The molecule has 19 heavy (non-hydrogen) atoms. The molecule has 3 heteroatoms. The predicted octanol–water partition coefficient (Wildman–Crippen LogP) is 3.78. The van der Waals surface area contributed by atoms with Gasteiger partial charge in [0.15, 0.2) is 5.78 Å². The Morgan fingerprint density at radius 1 is 1.21 bits per heavy atom. The molecule has 1 aliphatic rings. The predicted molar refractivity (Wildman–Crippen MR) is 84.4 cm³/mol. The van der Waals surface area contributed by atoms with Gasteiger partial charge in [0.05, 0.1) is 11.0 Å². The fourth-order valence-corrected chi connectivity index (χ4v) is 2.38. The van der Waals surface area contributed by atoms with Gasteiger partial charge in [0.25, 0.3) is 0 Å². The van der Waals surface area contributed by atoms with E-state index in [-0.39, 0.29) is 5.78 Å². The number of carbonyl (C=O) groups excluding carboxylic acids is 1. The highest BCUT2D eigenvalue weighted by Crippen LogP contribution is 2.31. The number of nitrogens with zero attached hydrogens (tertiary/aromatic N) is 1. The Hall–Kier alpha value is -1.53. The standard InChI is InChI=1S/C16H18NOP/c1-9(2)11(4)17-14-10(3)15(18)16(19)13-8-6-5-7-12(13)14/h5-9,19H,1-4H3/b17-11+. The van der Waals surface area contributed by atoms with Crippen LogP contribution in [0, 0.1) is 5.92 Å². The molecule has 0 saturated carbocycles. The zero-order valence-electron chi connectivity index (χ0n) is 11.7. The van der Waals surface area contributed by atoms with Gasteiger partial charge < -0.3 is 0 Å². The lowest BCUT2D eigenvalue weighted by molar-refractivity contribution is -0.109. The zero-order valence-corrected chi connectivity index (χ0v) is 12.7. The van der Waals surface area contributed by atoms with Crippen LogP contribution in [-0.4, -0.2) is 16.8 Å². The number of hydrogen-bond donors (Lipinski definition) is 0. The number of fused-ring (bicyclic) bond motifs is 1. The average Bonchev–Trinajstić information content (AvgIpc) is 2.40. The second-order valence-corrected chi connectivity index (χ2v) is 5.63. The van der Waals surface area contributed by atoms with Crippen molar-refractivity contribution in [3.63, 3.8) is 0 Å². The number of carbonyl (C=O) groups is 1. The van der Waals surface area contributed by atoms with Gasteiger partial charge in [0.2, 0.25) is 0 Å². The summed E-state index contributed by atoms with van der Waals surface area (Å²) in [4.78, 5) is 16.9. The molecular formula is C16H18NOP. The van der Waals surface area contributed by atoms with Crippen molar-refractivity contribution in [2.45, 2.75) is 27.7 Å². The minimum absolute atomic E-state index is 0.0191. The van der Waals surface area contributed by atoms with Crippen LogP contribution in [0.5, 0.6) is 0 Å². The quantitative estimate of drug-likeness (QED) is 0.594. The van der Waals surface area contributed by atoms with Crippen molar-refractivity contribution in [2.75, 3.05) is 0 Å². The lowest BCUT2D eigenvalue weighted by atomic mass is 9.89. The molecule has 1 aromatic carbocycles. The van der Waals surface area contributed by atoms with E-state index in [0.29, 0.717) is 16.8 Å². The van der Waals surface area contributed by atoms with E-state index >= 15 is 0 Å². The molecule has 0 saturated heterocycles. The van der Waals surface area contributed by atoms with E-state index in [0.717, 1.165) is 22.5 Å². The fraction of sp³-hybridized carbons (Fsp3) is 0.312. The molecule has 0 aromatic heterocycles. The van der Waals surface area contributed by atoms with E-state index in [4.69, 9.17) is 0 Å². The van der Waals surface area contributed by atoms with E-state index in [2.05, 4.69) is 27.7 Å². The van der Waals surface area contributed by atoms with Crippen LogP contribution in [0.15, 0.2) is 34.8 Å². The highest BCUT2D eigenvalue weighted by atomic mass is 31.0. The number of Topliss-reactive ketones (excluding diaryl/α,β-unsaturated/α-hetero) is 1. The van der Waals surface area contributed by atoms with Crippen LogP contribution in [0.2, 0.25) is 0 Å². The Bertz CT molecular complexity index is 623. The van der Waals surface area contributed by atoms with E-state index < -0.39 is 0 Å². The van der Waals surface area contributed by atoms with Crippen molar-refractivity contribution in [2.24, 2.45) is 10.9 Å². The minimum atomic E-state index is 0.0191. The minimum Gasteiger partial charge on any atom is -0.289 e. The van der Waals surface area contributed by atoms with E-state index in [1.807, 2.05) is 38.1 Å². The summed E-state index contributed by atoms with van der Waals surface area (Å²) in [6.07, 6.45) is 0. The Labute approximate surface area is 116 Å². The fourth-order valence-electron chi connectivity index (χ4n) is 1.98. The van der Waals surface area contributed by atoms with Gasteiger partial charge in [-0.15, -0.1) is 8.86 Å². The molecule has 2 rings (SSSR count). The first-order valence-electron chi connectivity index (χ1n) is 6.42. The third-order valence-corrected chi connectivity index (χ3v) is 3.99. The Morgan fingerprint density at radius 3 is 2.37 bits per heavy atom. The van der Waals surface area contributed by atoms with Gasteiger partial charge in [-0.05, 0) is 25.3 Å². The van der Waals surface area contributed by atoms with E-state index in [9.17, 15) is 4.79 Å². The molecular weight excluding hydrogens is 253 g/mol. The summed E-state index contributed by atoms with van der Waals surface area (Å²) >= 11 is 0. The molecule has 98 valence electrons. The maximum Gasteiger partial charge on any atom is 0.195 e. The molecule has 2 nitrogen and oxygen atoms in total. The molecule has 0 heterocycles. The van der Waals surface area contributed by atoms with Gasteiger partial charge in [-0.2, -0.15) is 0 Å². The number of ketones is 1. The molecule has 0 spiro atoms. The van der Waals surface area contributed by atoms with Crippen LogP contribution < -0.4 is 0 Å². The number of hydrogen-bond acceptors (Lipinski definition) is 2. The summed E-state index contributed by atoms with van der Waals surface area (Å²) in [6.45, 7) is 8.05. The van der Waals surface area contributed by atoms with Crippen molar-refractivity contribution in [3.8, 4) is 0 Å². The summed E-state index contributed by atoms with van der Waals surface area (Å²) in [5.74, 6) is 0.391. The Kier molecular flexibility index (Phi) is 3.82. The van der Waals surface area contributed by atoms with Crippen molar-refractivity contribution < 1.29 is 4.79 Å². The normalized spacial score (nSPS) is 16.2. The molecule has 0 N–H and O–H groups in total. The molecule has 1 aliphatic carbocycles. The Morgan fingerprint density at radius 2 is 1.79 bits per heavy atom. The lowest BCUT2D eigenvalue weighted by Gasteiger charge is -2.20. The average molecular weight is 271 g/mol. The van der Waals surface area contributed by atoms with Gasteiger partial charge in [-0.1, -0.05) is 38.1 Å². The molecule has 0 bridgehead atoms. The summed E-state index contributed by atoms with van der Waals surface area (Å²) < 4.78 is 0. The highest BCUT2D eigenvalue weighted by molar-refractivity contribution is 7.27. The van der Waals surface area contributed by atoms with Crippen LogP contribution in [-0.2, 0) is 4.79 Å². The molecule has 0 radical (unpaired) electrons. The van der Waals surface area contributed by atoms with Crippen LogP contribution in [0.1, 0.15) is 38.8 Å². The highest BCUT2D eigenvalue weighted by Gasteiger charge is 2.26. The van der Waals surface area contributed by atoms with Crippen LogP contribution in [0.4, 0.5) is 0 Å². The number of allylic oxidation sites excluding steroid dienone is 1. The summed E-state index contributed by atoms with van der Waals surface area (Å²) in [5.41, 5.74) is 4.47. The lowest BCUT2D eigenvalue weighted by Crippen LogP contribution is -2.21. The second-order valence-electron chi connectivity index (χ2n) is 5.13. The SMILES string of the molecule is CC1=C(/N=C(\C)C(C)C)c2ccccc2C(=P)C1=O. The number of benzene rings is 1. The van der Waals surface area contributed by atoms with Gasteiger partial charge >= 0.3 is 0 Å². The summed E-state index contributed by atoms with van der Waals surface area (Å²) in [6, 6.07) is 7.87. The van der Waals surface area contributed by atoms with Crippen LogP contribution in [0.3, 0.4) is 0 Å². The van der Waals surface area contributed by atoms with Crippen LogP contribution in [0.25, 0.3) is 5.70 Å². The topological polar surface area (TPSA) is 29.4 Å². The largest absolute Gasteiger partial charge is 0.289 e. The first kappa shape index (κ1) is 13.9. The first-order valence-corrected chi connectivity index (χ1v) is 6.92. The van der Waals surface area contributed by atoms with Gasteiger partial charge in [-0.25, -0.2) is 0 Å². The smallest absolute Gasteiger partial charge is 0.195 e. The van der Waals surface area contributed by atoms with Gasteiger partial charge in [-0.3, -0.25) is 9.79 Å². The maximum absolute atomic E-state index is 12.2. The molecule has 0 atom stereocenters. The monoisotopic (exact) mass is 271 g/mol. The third kappa shape index (κ3) is 2.46. The molecule has 0 amide bonds. The molecule has 1 aromatic rings. The van der Waals surface area contributed by atoms with Gasteiger partial charge in [0, 0.05) is 16.8 Å².